The molecule has 0 amide bonds. The number of aliphatic hydroxyl groups is 1. The normalized spacial score (nSPS) is 14.1. The average Bonchev–Trinajstić information content (AvgIpc) is 2.25. The van der Waals surface area contributed by atoms with Gasteiger partial charge in [-0.2, -0.15) is 0 Å². The lowest BCUT2D eigenvalue weighted by Crippen LogP contribution is -2.38. The Balaban J connectivity index is 2.78. The van der Waals surface area contributed by atoms with Crippen LogP contribution in [0.15, 0.2) is 18.3 Å². The molecule has 0 spiro atoms. The van der Waals surface area contributed by atoms with Gasteiger partial charge in [0.2, 0.25) is 0 Å². The molecular formula is C14H24N2O. The van der Waals surface area contributed by atoms with Gasteiger partial charge >= 0.3 is 0 Å². The second-order valence-electron chi connectivity index (χ2n) is 5.78. The first-order valence-corrected chi connectivity index (χ1v) is 6.19. The SMILES string of the molecule is CC(C)c1ncccc1[C@@H](O)CNC(C)(C)C. The third-order valence-electron chi connectivity index (χ3n) is 2.60. The van der Waals surface area contributed by atoms with Gasteiger partial charge in [-0.3, -0.25) is 4.98 Å². The molecule has 1 aromatic heterocycles. The highest BCUT2D eigenvalue weighted by Gasteiger charge is 2.17. The summed E-state index contributed by atoms with van der Waals surface area (Å²) in [5, 5.41) is 13.5. The number of aromatic nitrogens is 1. The zero-order chi connectivity index (χ0) is 13.1. The van der Waals surface area contributed by atoms with Crippen LogP contribution in [-0.2, 0) is 0 Å². The number of rotatable bonds is 4. The average molecular weight is 236 g/mol. The van der Waals surface area contributed by atoms with E-state index in [0.717, 1.165) is 11.3 Å². The lowest BCUT2D eigenvalue weighted by molar-refractivity contribution is 0.161. The van der Waals surface area contributed by atoms with E-state index in [1.54, 1.807) is 6.20 Å². The van der Waals surface area contributed by atoms with Gasteiger partial charge in [0, 0.05) is 29.5 Å². The van der Waals surface area contributed by atoms with Gasteiger partial charge in [-0.1, -0.05) is 19.9 Å². The van der Waals surface area contributed by atoms with Crippen molar-refractivity contribution in [2.75, 3.05) is 6.54 Å². The van der Waals surface area contributed by atoms with E-state index in [1.165, 1.54) is 0 Å². The first kappa shape index (κ1) is 14.1. The number of nitrogens with zero attached hydrogens (tertiary/aromatic N) is 1. The minimum absolute atomic E-state index is 0.0151. The Bertz CT molecular complexity index is 355. The maximum atomic E-state index is 10.2. The van der Waals surface area contributed by atoms with Crippen LogP contribution >= 0.6 is 0 Å². The van der Waals surface area contributed by atoms with Crippen LogP contribution in [0.2, 0.25) is 0 Å². The molecule has 3 heteroatoms. The molecular weight excluding hydrogens is 212 g/mol. The zero-order valence-corrected chi connectivity index (χ0v) is 11.5. The van der Waals surface area contributed by atoms with Crippen LogP contribution < -0.4 is 5.32 Å². The highest BCUT2D eigenvalue weighted by atomic mass is 16.3. The summed E-state index contributed by atoms with van der Waals surface area (Å²) >= 11 is 0. The van der Waals surface area contributed by atoms with Crippen molar-refractivity contribution >= 4 is 0 Å². The summed E-state index contributed by atoms with van der Waals surface area (Å²) in [4.78, 5) is 4.36. The van der Waals surface area contributed by atoms with Crippen LogP contribution in [0.4, 0.5) is 0 Å². The number of hydrogen-bond donors (Lipinski definition) is 2. The second kappa shape index (κ2) is 5.61. The number of hydrogen-bond acceptors (Lipinski definition) is 3. The molecule has 1 rings (SSSR count). The van der Waals surface area contributed by atoms with E-state index >= 15 is 0 Å². The highest BCUT2D eigenvalue weighted by Crippen LogP contribution is 2.22. The molecule has 2 N–H and O–H groups in total. The van der Waals surface area contributed by atoms with E-state index in [9.17, 15) is 5.11 Å². The van der Waals surface area contributed by atoms with Gasteiger partial charge in [0.25, 0.3) is 0 Å². The third kappa shape index (κ3) is 4.44. The van der Waals surface area contributed by atoms with Crippen LogP contribution in [-0.4, -0.2) is 22.2 Å². The summed E-state index contributed by atoms with van der Waals surface area (Å²) in [7, 11) is 0. The third-order valence-corrected chi connectivity index (χ3v) is 2.60. The smallest absolute Gasteiger partial charge is 0.0932 e. The lowest BCUT2D eigenvalue weighted by atomic mass is 9.99. The standard InChI is InChI=1S/C14H24N2O/c1-10(2)13-11(7-6-8-15-13)12(17)9-16-14(3,4)5/h6-8,10,12,16-17H,9H2,1-5H3/t12-/m0/s1. The Kier molecular flexibility index (Phi) is 4.66. The van der Waals surface area contributed by atoms with Crippen molar-refractivity contribution < 1.29 is 5.11 Å². The molecule has 1 atom stereocenters. The van der Waals surface area contributed by atoms with Gasteiger partial charge in [0.15, 0.2) is 0 Å². The molecule has 17 heavy (non-hydrogen) atoms. The number of nitrogens with one attached hydrogen (secondary N) is 1. The second-order valence-corrected chi connectivity index (χ2v) is 5.78. The Morgan fingerprint density at radius 1 is 1.35 bits per heavy atom. The van der Waals surface area contributed by atoms with Crippen molar-refractivity contribution in [2.45, 2.75) is 52.2 Å². The summed E-state index contributed by atoms with van der Waals surface area (Å²) in [6.07, 6.45) is 1.28. The summed E-state index contributed by atoms with van der Waals surface area (Å²) in [6.45, 7) is 11.0. The van der Waals surface area contributed by atoms with E-state index < -0.39 is 6.10 Å². The highest BCUT2D eigenvalue weighted by molar-refractivity contribution is 5.25. The van der Waals surface area contributed by atoms with Gasteiger partial charge in [-0.15, -0.1) is 0 Å². The fourth-order valence-corrected chi connectivity index (χ4v) is 1.71. The largest absolute Gasteiger partial charge is 0.387 e. The molecule has 0 aliphatic carbocycles. The molecule has 0 radical (unpaired) electrons. The van der Waals surface area contributed by atoms with E-state index in [2.05, 4.69) is 44.9 Å². The molecule has 1 heterocycles. The van der Waals surface area contributed by atoms with Crippen LogP contribution in [0.25, 0.3) is 0 Å². The van der Waals surface area contributed by atoms with E-state index in [1.807, 2.05) is 12.1 Å². The Morgan fingerprint density at radius 2 is 2.00 bits per heavy atom. The Morgan fingerprint density at radius 3 is 2.53 bits per heavy atom. The monoisotopic (exact) mass is 236 g/mol. The van der Waals surface area contributed by atoms with Crippen LogP contribution in [0.1, 0.15) is 57.9 Å². The summed E-state index contributed by atoms with van der Waals surface area (Å²) in [5.41, 5.74) is 1.93. The molecule has 0 unspecified atom stereocenters. The first-order chi connectivity index (χ1) is 7.81. The fraction of sp³-hybridized carbons (Fsp3) is 0.643. The van der Waals surface area contributed by atoms with Crippen molar-refractivity contribution in [3.8, 4) is 0 Å². The molecule has 0 saturated carbocycles. The van der Waals surface area contributed by atoms with Gasteiger partial charge in [-0.25, -0.2) is 0 Å². The van der Waals surface area contributed by atoms with Crippen molar-refractivity contribution in [2.24, 2.45) is 0 Å². The van der Waals surface area contributed by atoms with Crippen molar-refractivity contribution in [1.29, 1.82) is 0 Å². The van der Waals surface area contributed by atoms with Gasteiger partial charge in [0.05, 0.1) is 6.10 Å². The van der Waals surface area contributed by atoms with Gasteiger partial charge < -0.3 is 10.4 Å². The van der Waals surface area contributed by atoms with E-state index in [-0.39, 0.29) is 5.54 Å². The molecule has 0 bridgehead atoms. The topological polar surface area (TPSA) is 45.2 Å². The van der Waals surface area contributed by atoms with Crippen LogP contribution in [0, 0.1) is 0 Å². The lowest BCUT2D eigenvalue weighted by Gasteiger charge is -2.24. The first-order valence-electron chi connectivity index (χ1n) is 6.19. The predicted octanol–water partition coefficient (Wildman–Crippen LogP) is 2.63. The van der Waals surface area contributed by atoms with Gasteiger partial charge in [-0.05, 0) is 32.8 Å². The maximum absolute atomic E-state index is 10.2. The van der Waals surface area contributed by atoms with Crippen molar-refractivity contribution in [3.63, 3.8) is 0 Å². The number of β-amino-alcohol motifs (C(OH)–C–C–N with tert-alkyl or cyclic N) is 1. The predicted molar refractivity (Wildman–Crippen MR) is 71.0 cm³/mol. The quantitative estimate of drug-likeness (QED) is 0.844. The molecule has 0 saturated heterocycles. The van der Waals surface area contributed by atoms with E-state index in [0.29, 0.717) is 12.5 Å². The molecule has 3 nitrogen and oxygen atoms in total. The number of aliphatic hydroxyl groups excluding tert-OH is 1. The molecule has 0 fully saturated rings. The van der Waals surface area contributed by atoms with Crippen molar-refractivity contribution in [3.05, 3.63) is 29.6 Å². The Hall–Kier alpha value is -0.930. The van der Waals surface area contributed by atoms with Gasteiger partial charge in [0.1, 0.15) is 0 Å². The molecule has 1 aromatic rings. The molecule has 0 aliphatic heterocycles. The Labute approximate surface area is 104 Å². The van der Waals surface area contributed by atoms with E-state index in [4.69, 9.17) is 0 Å². The summed E-state index contributed by atoms with van der Waals surface area (Å²) in [6, 6.07) is 3.83. The molecule has 0 aromatic carbocycles. The summed E-state index contributed by atoms with van der Waals surface area (Å²) in [5.74, 6) is 0.329. The zero-order valence-electron chi connectivity index (χ0n) is 11.5. The summed E-state index contributed by atoms with van der Waals surface area (Å²) < 4.78 is 0. The minimum Gasteiger partial charge on any atom is -0.387 e. The van der Waals surface area contributed by atoms with Crippen LogP contribution in [0.3, 0.4) is 0 Å². The minimum atomic E-state index is -0.500. The van der Waals surface area contributed by atoms with Crippen molar-refractivity contribution in [1.82, 2.24) is 10.3 Å². The fourth-order valence-electron chi connectivity index (χ4n) is 1.71. The molecule has 96 valence electrons. The van der Waals surface area contributed by atoms with Crippen LogP contribution in [0.5, 0.6) is 0 Å². The maximum Gasteiger partial charge on any atom is 0.0932 e. The molecule has 0 aliphatic rings. The number of pyridine rings is 1.